The van der Waals surface area contributed by atoms with E-state index in [1.165, 1.54) is 12.1 Å². The molecule has 1 atom stereocenters. The number of benzene rings is 1. The first-order valence-electron chi connectivity index (χ1n) is 6.09. The Labute approximate surface area is 104 Å². The van der Waals surface area contributed by atoms with Crippen LogP contribution in [-0.4, -0.2) is 17.7 Å². The second kappa shape index (κ2) is 5.18. The highest BCUT2D eigenvalue weighted by Gasteiger charge is 2.34. The number of hydrogen-bond acceptors (Lipinski definition) is 2. The van der Waals surface area contributed by atoms with E-state index in [2.05, 4.69) is 5.32 Å². The van der Waals surface area contributed by atoms with Gasteiger partial charge in [-0.25, -0.2) is 0 Å². The minimum Gasteiger partial charge on any atom is -0.508 e. The fraction of sp³-hybridized carbons (Fsp3) is 0.538. The van der Waals surface area contributed by atoms with E-state index in [0.29, 0.717) is 6.42 Å². The summed E-state index contributed by atoms with van der Waals surface area (Å²) in [5.74, 6) is -0.345. The Balaban J connectivity index is 2.21. The van der Waals surface area contributed by atoms with E-state index < -0.39 is 11.7 Å². The smallest absolute Gasteiger partial charge is 0.416 e. The third-order valence-corrected chi connectivity index (χ3v) is 3.28. The molecule has 0 aliphatic carbocycles. The predicted octanol–water partition coefficient (Wildman–Crippen LogP) is 3.10. The van der Waals surface area contributed by atoms with Gasteiger partial charge in [0.05, 0.1) is 5.56 Å². The molecule has 5 heteroatoms. The highest BCUT2D eigenvalue weighted by molar-refractivity contribution is 5.37. The molecular formula is C13H16F3NO. The van der Waals surface area contributed by atoms with Crippen molar-refractivity contribution in [3.8, 4) is 5.75 Å². The molecule has 0 aromatic heterocycles. The zero-order valence-electron chi connectivity index (χ0n) is 9.93. The third-order valence-electron chi connectivity index (χ3n) is 3.28. The quantitative estimate of drug-likeness (QED) is 0.855. The van der Waals surface area contributed by atoms with Crippen LogP contribution in [-0.2, 0) is 12.6 Å². The molecule has 1 aromatic rings. The molecule has 1 aliphatic heterocycles. The summed E-state index contributed by atoms with van der Waals surface area (Å²) in [6, 6.07) is 3.59. The molecule has 100 valence electrons. The number of alkyl halides is 3. The monoisotopic (exact) mass is 259 g/mol. The summed E-state index contributed by atoms with van der Waals surface area (Å²) in [6.07, 6.45) is -1.02. The van der Waals surface area contributed by atoms with Crippen LogP contribution in [0.5, 0.6) is 5.75 Å². The summed E-state index contributed by atoms with van der Waals surface area (Å²) in [5, 5.41) is 12.4. The van der Waals surface area contributed by atoms with Crippen LogP contribution in [0.2, 0.25) is 0 Å². The molecule has 0 bridgehead atoms. The number of phenols is 1. The van der Waals surface area contributed by atoms with E-state index in [1.54, 1.807) is 0 Å². The van der Waals surface area contributed by atoms with Gasteiger partial charge in [-0.2, -0.15) is 13.2 Å². The lowest BCUT2D eigenvalue weighted by Gasteiger charge is -2.24. The lowest BCUT2D eigenvalue weighted by atomic mass is 9.94. The molecule has 2 rings (SSSR count). The van der Waals surface area contributed by atoms with Gasteiger partial charge in [0.2, 0.25) is 0 Å². The Morgan fingerprint density at radius 3 is 2.67 bits per heavy atom. The number of rotatable bonds is 2. The molecule has 1 saturated heterocycles. The summed E-state index contributed by atoms with van der Waals surface area (Å²) in [4.78, 5) is 0. The molecule has 0 amide bonds. The molecule has 18 heavy (non-hydrogen) atoms. The highest BCUT2D eigenvalue weighted by atomic mass is 19.4. The van der Waals surface area contributed by atoms with Crippen LogP contribution in [0.25, 0.3) is 0 Å². The van der Waals surface area contributed by atoms with E-state index in [-0.39, 0.29) is 17.4 Å². The lowest BCUT2D eigenvalue weighted by molar-refractivity contribution is -0.138. The number of phenolic OH excluding ortho intramolecular Hbond substituents is 1. The molecule has 1 aromatic carbocycles. The predicted molar refractivity (Wildman–Crippen MR) is 62.5 cm³/mol. The molecule has 2 nitrogen and oxygen atoms in total. The van der Waals surface area contributed by atoms with Crippen molar-refractivity contribution in [1.29, 1.82) is 0 Å². The van der Waals surface area contributed by atoms with Crippen LogP contribution in [0.4, 0.5) is 13.2 Å². The zero-order valence-corrected chi connectivity index (χ0v) is 9.93. The number of halogens is 3. The SMILES string of the molecule is Oc1ccc(CC2CCCCN2)c(C(F)(F)F)c1. The summed E-state index contributed by atoms with van der Waals surface area (Å²) < 4.78 is 38.6. The molecule has 1 unspecified atom stereocenters. The van der Waals surface area contributed by atoms with Crippen molar-refractivity contribution in [3.63, 3.8) is 0 Å². The normalized spacial score (nSPS) is 20.9. The number of aromatic hydroxyl groups is 1. The van der Waals surface area contributed by atoms with Crippen molar-refractivity contribution in [3.05, 3.63) is 29.3 Å². The van der Waals surface area contributed by atoms with Crippen molar-refractivity contribution in [2.45, 2.75) is 37.9 Å². The Morgan fingerprint density at radius 1 is 1.28 bits per heavy atom. The van der Waals surface area contributed by atoms with Gasteiger partial charge in [0.15, 0.2) is 0 Å². The first kappa shape index (κ1) is 13.2. The number of hydrogen-bond donors (Lipinski definition) is 2. The Morgan fingerprint density at radius 2 is 2.06 bits per heavy atom. The van der Waals surface area contributed by atoms with Gasteiger partial charge >= 0.3 is 6.18 Å². The van der Waals surface area contributed by atoms with Gasteiger partial charge in [-0.1, -0.05) is 12.5 Å². The molecular weight excluding hydrogens is 243 g/mol. The second-order valence-electron chi connectivity index (χ2n) is 4.69. The Hall–Kier alpha value is -1.23. The van der Waals surface area contributed by atoms with E-state index in [9.17, 15) is 18.3 Å². The van der Waals surface area contributed by atoms with Gasteiger partial charge in [-0.3, -0.25) is 0 Å². The third kappa shape index (κ3) is 3.16. The lowest BCUT2D eigenvalue weighted by Crippen LogP contribution is -2.36. The first-order valence-corrected chi connectivity index (χ1v) is 6.09. The van der Waals surface area contributed by atoms with E-state index in [1.807, 2.05) is 0 Å². The van der Waals surface area contributed by atoms with Crippen LogP contribution >= 0.6 is 0 Å². The maximum absolute atomic E-state index is 12.9. The fourth-order valence-electron chi connectivity index (χ4n) is 2.37. The van der Waals surface area contributed by atoms with E-state index in [0.717, 1.165) is 31.9 Å². The highest BCUT2D eigenvalue weighted by Crippen LogP contribution is 2.35. The molecule has 1 heterocycles. The van der Waals surface area contributed by atoms with Crippen molar-refractivity contribution in [2.75, 3.05) is 6.54 Å². The van der Waals surface area contributed by atoms with Crippen molar-refractivity contribution >= 4 is 0 Å². The summed E-state index contributed by atoms with van der Waals surface area (Å²) >= 11 is 0. The molecule has 0 spiro atoms. The number of nitrogens with one attached hydrogen (secondary N) is 1. The van der Waals surface area contributed by atoms with E-state index in [4.69, 9.17) is 0 Å². The average Bonchev–Trinajstić information content (AvgIpc) is 2.31. The zero-order chi connectivity index (χ0) is 13.2. The Kier molecular flexibility index (Phi) is 3.80. The Bertz CT molecular complexity index is 411. The van der Waals surface area contributed by atoms with Gasteiger partial charge < -0.3 is 10.4 Å². The fourth-order valence-corrected chi connectivity index (χ4v) is 2.37. The first-order chi connectivity index (χ1) is 8.47. The van der Waals surface area contributed by atoms with Gasteiger partial charge in [0.1, 0.15) is 5.75 Å². The maximum atomic E-state index is 12.9. The van der Waals surface area contributed by atoms with Gasteiger partial charge in [-0.05, 0) is 43.5 Å². The molecule has 1 aliphatic rings. The summed E-state index contributed by atoms with van der Waals surface area (Å²) in [5.41, 5.74) is -0.477. The van der Waals surface area contributed by atoms with E-state index >= 15 is 0 Å². The van der Waals surface area contributed by atoms with Crippen LogP contribution in [0.1, 0.15) is 30.4 Å². The van der Waals surface area contributed by atoms with Gasteiger partial charge in [-0.15, -0.1) is 0 Å². The van der Waals surface area contributed by atoms with Crippen molar-refractivity contribution in [2.24, 2.45) is 0 Å². The van der Waals surface area contributed by atoms with Gasteiger partial charge in [0.25, 0.3) is 0 Å². The van der Waals surface area contributed by atoms with Crippen LogP contribution < -0.4 is 5.32 Å². The summed E-state index contributed by atoms with van der Waals surface area (Å²) in [7, 11) is 0. The molecule has 2 N–H and O–H groups in total. The standard InChI is InChI=1S/C13H16F3NO/c14-13(15,16)12-8-11(18)5-4-9(12)7-10-3-1-2-6-17-10/h4-5,8,10,17-18H,1-3,6-7H2. The maximum Gasteiger partial charge on any atom is 0.416 e. The number of piperidine rings is 1. The molecule has 0 saturated carbocycles. The van der Waals surface area contributed by atoms with Crippen LogP contribution in [0.3, 0.4) is 0 Å². The van der Waals surface area contributed by atoms with Crippen LogP contribution in [0.15, 0.2) is 18.2 Å². The van der Waals surface area contributed by atoms with Crippen LogP contribution in [0, 0.1) is 0 Å². The molecule has 0 radical (unpaired) electrons. The summed E-state index contributed by atoms with van der Waals surface area (Å²) in [6.45, 7) is 0.865. The minimum absolute atomic E-state index is 0.101. The van der Waals surface area contributed by atoms with Crippen molar-refractivity contribution < 1.29 is 18.3 Å². The second-order valence-corrected chi connectivity index (χ2v) is 4.69. The topological polar surface area (TPSA) is 32.3 Å². The molecule has 1 fully saturated rings. The average molecular weight is 259 g/mol. The minimum atomic E-state index is -4.41. The largest absolute Gasteiger partial charge is 0.508 e. The van der Waals surface area contributed by atoms with Crippen molar-refractivity contribution in [1.82, 2.24) is 5.32 Å². The van der Waals surface area contributed by atoms with Gasteiger partial charge in [0, 0.05) is 6.04 Å².